The number of halogens is 1. The Hall–Kier alpha value is -2.74. The Bertz CT molecular complexity index is 978. The summed E-state index contributed by atoms with van der Waals surface area (Å²) < 4.78 is 26.9. The van der Waals surface area contributed by atoms with Gasteiger partial charge in [-0.2, -0.15) is 5.10 Å². The molecule has 0 radical (unpaired) electrons. The van der Waals surface area contributed by atoms with Crippen LogP contribution in [0.3, 0.4) is 0 Å². The zero-order chi connectivity index (χ0) is 22.9. The molecule has 0 aliphatic carbocycles. The lowest BCUT2D eigenvalue weighted by Gasteiger charge is -2.25. The molecule has 32 heavy (non-hydrogen) atoms. The van der Waals surface area contributed by atoms with Crippen molar-refractivity contribution in [3.8, 4) is 22.9 Å². The second-order valence-corrected chi connectivity index (χ2v) is 7.73. The molecule has 6 nitrogen and oxygen atoms in total. The molecule has 0 amide bonds. The summed E-state index contributed by atoms with van der Waals surface area (Å²) in [7, 11) is 1.82. The number of benzene rings is 2. The van der Waals surface area contributed by atoms with E-state index in [-0.39, 0.29) is 5.82 Å². The molecular weight excluding hydrogens is 409 g/mol. The Morgan fingerprint density at radius 1 is 1.12 bits per heavy atom. The summed E-state index contributed by atoms with van der Waals surface area (Å²) in [5, 5.41) is 15.1. The third-order valence-corrected chi connectivity index (χ3v) is 5.05. The molecule has 1 N–H and O–H groups in total. The van der Waals surface area contributed by atoms with Crippen molar-refractivity contribution in [2.75, 3.05) is 26.3 Å². The van der Waals surface area contributed by atoms with Gasteiger partial charge in [0.25, 0.3) is 0 Å². The number of aromatic nitrogens is 2. The first kappa shape index (κ1) is 23.9. The van der Waals surface area contributed by atoms with Crippen LogP contribution >= 0.6 is 0 Å². The van der Waals surface area contributed by atoms with Gasteiger partial charge in [-0.15, -0.1) is 0 Å². The molecule has 0 aliphatic heterocycles. The Labute approximate surface area is 189 Å². The van der Waals surface area contributed by atoms with E-state index in [9.17, 15) is 9.50 Å². The number of hydrogen-bond acceptors (Lipinski definition) is 5. The first-order valence-corrected chi connectivity index (χ1v) is 11.0. The highest BCUT2D eigenvalue weighted by molar-refractivity contribution is 5.65. The number of hydrogen-bond donors (Lipinski definition) is 1. The van der Waals surface area contributed by atoms with E-state index in [1.54, 1.807) is 16.8 Å². The van der Waals surface area contributed by atoms with Gasteiger partial charge < -0.3 is 14.6 Å². The van der Waals surface area contributed by atoms with E-state index in [1.807, 2.05) is 44.3 Å². The van der Waals surface area contributed by atoms with Gasteiger partial charge in [0, 0.05) is 38.4 Å². The minimum atomic E-state index is -0.592. The molecule has 1 heterocycles. The summed E-state index contributed by atoms with van der Waals surface area (Å²) in [5.41, 5.74) is 2.67. The maximum atomic E-state index is 13.7. The number of nitrogens with zero attached hydrogens (tertiary/aromatic N) is 3. The molecule has 0 aliphatic rings. The first-order valence-electron chi connectivity index (χ1n) is 11.0. The molecule has 3 rings (SSSR count). The van der Waals surface area contributed by atoms with Gasteiger partial charge >= 0.3 is 0 Å². The lowest BCUT2D eigenvalue weighted by Crippen LogP contribution is -2.35. The van der Waals surface area contributed by atoms with Crippen LogP contribution < -0.4 is 4.74 Å². The van der Waals surface area contributed by atoms with Gasteiger partial charge in [-0.3, -0.25) is 4.90 Å². The molecule has 1 atom stereocenters. The largest absolute Gasteiger partial charge is 0.439 e. The summed E-state index contributed by atoms with van der Waals surface area (Å²) in [6, 6.07) is 16.0. The molecular formula is C25H32FN3O3. The van der Waals surface area contributed by atoms with Crippen LogP contribution in [0.2, 0.25) is 0 Å². The van der Waals surface area contributed by atoms with Gasteiger partial charge in [0.15, 0.2) is 0 Å². The number of aliphatic hydroxyl groups excluding tert-OH is 1. The second-order valence-electron chi connectivity index (χ2n) is 7.73. The van der Waals surface area contributed by atoms with Crippen LogP contribution in [-0.2, 0) is 18.3 Å². The summed E-state index contributed by atoms with van der Waals surface area (Å²) in [6.45, 7) is 6.67. The molecule has 0 saturated heterocycles. The van der Waals surface area contributed by atoms with E-state index in [2.05, 4.69) is 11.8 Å². The van der Waals surface area contributed by atoms with Crippen molar-refractivity contribution < 1.29 is 19.0 Å². The van der Waals surface area contributed by atoms with E-state index in [0.717, 1.165) is 29.8 Å². The Kier molecular flexibility index (Phi) is 8.79. The van der Waals surface area contributed by atoms with Crippen LogP contribution in [0.4, 0.5) is 4.39 Å². The van der Waals surface area contributed by atoms with Gasteiger partial charge in [0.05, 0.1) is 18.3 Å². The predicted molar refractivity (Wildman–Crippen MR) is 123 cm³/mol. The summed E-state index contributed by atoms with van der Waals surface area (Å²) in [6.07, 6.45) is 0.341. The molecule has 0 bridgehead atoms. The molecule has 7 heteroatoms. The standard InChI is InChI=1S/C25H32FN3O3/c1-4-14-29(16-21(30)18-31-5-2)17-23-24(19-10-7-6-8-11-19)27-28(3)25(23)32-22-13-9-12-20(26)15-22/h6-13,15,21,30H,4-5,14,16-18H2,1-3H3/t21-/m0/s1. The topological polar surface area (TPSA) is 59.8 Å². The fourth-order valence-corrected chi connectivity index (χ4v) is 3.67. The third kappa shape index (κ3) is 6.38. The normalized spacial score (nSPS) is 12.3. The number of ether oxygens (including phenoxy) is 2. The van der Waals surface area contributed by atoms with Crippen LogP contribution in [-0.4, -0.2) is 52.2 Å². The van der Waals surface area contributed by atoms with Crippen molar-refractivity contribution in [3.63, 3.8) is 0 Å². The summed E-state index contributed by atoms with van der Waals surface area (Å²) in [4.78, 5) is 2.17. The van der Waals surface area contributed by atoms with E-state index < -0.39 is 6.10 Å². The van der Waals surface area contributed by atoms with E-state index >= 15 is 0 Å². The lowest BCUT2D eigenvalue weighted by molar-refractivity contribution is 0.0195. The molecule has 0 saturated carbocycles. The average molecular weight is 442 g/mol. The van der Waals surface area contributed by atoms with Crippen molar-refractivity contribution >= 4 is 0 Å². The highest BCUT2D eigenvalue weighted by Gasteiger charge is 2.23. The van der Waals surface area contributed by atoms with Crippen molar-refractivity contribution in [3.05, 3.63) is 66.0 Å². The molecule has 0 unspecified atom stereocenters. The lowest BCUT2D eigenvalue weighted by atomic mass is 10.1. The second kappa shape index (κ2) is 11.8. The minimum Gasteiger partial charge on any atom is -0.439 e. The minimum absolute atomic E-state index is 0.294. The van der Waals surface area contributed by atoms with Crippen molar-refractivity contribution in [1.29, 1.82) is 0 Å². The van der Waals surface area contributed by atoms with Crippen LogP contribution in [0.15, 0.2) is 54.6 Å². The van der Waals surface area contributed by atoms with Crippen LogP contribution in [0.25, 0.3) is 11.3 Å². The summed E-state index contributed by atoms with van der Waals surface area (Å²) >= 11 is 0. The van der Waals surface area contributed by atoms with Gasteiger partial charge in [0.1, 0.15) is 17.3 Å². The van der Waals surface area contributed by atoms with Crippen molar-refractivity contribution in [2.24, 2.45) is 7.05 Å². The highest BCUT2D eigenvalue weighted by Crippen LogP contribution is 2.34. The Morgan fingerprint density at radius 2 is 1.91 bits per heavy atom. The fourth-order valence-electron chi connectivity index (χ4n) is 3.67. The fraction of sp³-hybridized carbons (Fsp3) is 0.400. The zero-order valence-electron chi connectivity index (χ0n) is 19.0. The quantitative estimate of drug-likeness (QED) is 0.444. The van der Waals surface area contributed by atoms with Gasteiger partial charge in [-0.1, -0.05) is 43.3 Å². The molecule has 2 aromatic carbocycles. The predicted octanol–water partition coefficient (Wildman–Crippen LogP) is 4.63. The smallest absolute Gasteiger partial charge is 0.222 e. The number of aliphatic hydroxyl groups is 1. The van der Waals surface area contributed by atoms with Crippen LogP contribution in [0.1, 0.15) is 25.8 Å². The maximum Gasteiger partial charge on any atom is 0.222 e. The Morgan fingerprint density at radius 3 is 2.59 bits per heavy atom. The number of aryl methyl sites for hydroxylation is 1. The number of rotatable bonds is 12. The van der Waals surface area contributed by atoms with E-state index in [0.29, 0.717) is 37.9 Å². The van der Waals surface area contributed by atoms with Crippen molar-refractivity contribution in [2.45, 2.75) is 32.9 Å². The van der Waals surface area contributed by atoms with Crippen molar-refractivity contribution in [1.82, 2.24) is 14.7 Å². The highest BCUT2D eigenvalue weighted by atomic mass is 19.1. The van der Waals surface area contributed by atoms with Gasteiger partial charge in [-0.05, 0) is 32.0 Å². The first-order chi connectivity index (χ1) is 15.5. The van der Waals surface area contributed by atoms with E-state index in [4.69, 9.17) is 14.6 Å². The molecule has 172 valence electrons. The Balaban J connectivity index is 1.96. The van der Waals surface area contributed by atoms with E-state index in [1.165, 1.54) is 12.1 Å². The van der Waals surface area contributed by atoms with Crippen LogP contribution in [0.5, 0.6) is 11.6 Å². The van der Waals surface area contributed by atoms with Gasteiger partial charge in [0.2, 0.25) is 5.88 Å². The van der Waals surface area contributed by atoms with Crippen LogP contribution in [0, 0.1) is 5.82 Å². The third-order valence-electron chi connectivity index (χ3n) is 5.05. The van der Waals surface area contributed by atoms with Gasteiger partial charge in [-0.25, -0.2) is 9.07 Å². The molecule has 0 fully saturated rings. The zero-order valence-corrected chi connectivity index (χ0v) is 19.0. The maximum absolute atomic E-state index is 13.7. The molecule has 1 aromatic heterocycles. The monoisotopic (exact) mass is 441 g/mol. The molecule has 0 spiro atoms. The summed E-state index contributed by atoms with van der Waals surface area (Å²) in [5.74, 6) is 0.600. The SMILES string of the molecule is CCCN(Cc1c(-c2ccccc2)nn(C)c1Oc1cccc(F)c1)C[C@H](O)COCC. The molecule has 3 aromatic rings. The average Bonchev–Trinajstić information content (AvgIpc) is 3.08.